The van der Waals surface area contributed by atoms with E-state index < -0.39 is 33.2 Å². The summed E-state index contributed by atoms with van der Waals surface area (Å²) in [6, 6.07) is 0. The molecule has 0 aromatic heterocycles. The molecular weight excluding hydrogens is 739 g/mol. The molecule has 0 radical (unpaired) electrons. The first-order chi connectivity index (χ1) is 27.8. The highest BCUT2D eigenvalue weighted by molar-refractivity contribution is 7.47. The van der Waals surface area contributed by atoms with Crippen molar-refractivity contribution in [1.82, 2.24) is 0 Å². The minimum Gasteiger partial charge on any atom is -0.457 e. The molecule has 0 aliphatic rings. The van der Waals surface area contributed by atoms with Gasteiger partial charge in [0.05, 0.1) is 26.4 Å². The number of phosphoric ester groups is 1. The number of esters is 1. The summed E-state index contributed by atoms with van der Waals surface area (Å²) in [7, 11) is -4.52. The van der Waals surface area contributed by atoms with Crippen molar-refractivity contribution in [2.24, 2.45) is 0 Å². The Morgan fingerprint density at radius 1 is 0.561 bits per heavy atom. The van der Waals surface area contributed by atoms with Crippen LogP contribution in [0, 0.1) is 0 Å². The fourth-order valence-electron chi connectivity index (χ4n) is 6.55. The summed E-state index contributed by atoms with van der Waals surface area (Å²) in [6.45, 7) is 3.43. The molecule has 0 aromatic carbocycles. The van der Waals surface area contributed by atoms with E-state index in [0.717, 1.165) is 64.2 Å². The Morgan fingerprint density at radius 2 is 1.00 bits per heavy atom. The van der Waals surface area contributed by atoms with Gasteiger partial charge in [0.1, 0.15) is 12.2 Å². The van der Waals surface area contributed by atoms with Gasteiger partial charge in [-0.1, -0.05) is 198 Å². The Kier molecular flexibility index (Phi) is 43.2. The van der Waals surface area contributed by atoms with Crippen LogP contribution in [-0.2, 0) is 27.9 Å². The first kappa shape index (κ1) is 55.7. The summed E-state index contributed by atoms with van der Waals surface area (Å²) >= 11 is 0. The lowest BCUT2D eigenvalue weighted by molar-refractivity contribution is -0.154. The van der Waals surface area contributed by atoms with Gasteiger partial charge in [0.15, 0.2) is 0 Å². The molecule has 0 saturated carbocycles. The molecule has 9 nitrogen and oxygen atoms in total. The summed E-state index contributed by atoms with van der Waals surface area (Å²) < 4.78 is 33.4. The van der Waals surface area contributed by atoms with E-state index in [9.17, 15) is 19.4 Å². The van der Waals surface area contributed by atoms with Crippen LogP contribution in [0.2, 0.25) is 0 Å². The number of carbonyl (C=O) groups is 1. The van der Waals surface area contributed by atoms with Gasteiger partial charge in [-0.3, -0.25) is 13.8 Å². The number of hydrogen-bond acceptors (Lipinski definition) is 8. The van der Waals surface area contributed by atoms with E-state index in [-0.39, 0.29) is 25.6 Å². The van der Waals surface area contributed by atoms with Crippen molar-refractivity contribution in [2.45, 2.75) is 225 Å². The number of carbonyl (C=O) groups excluding carboxylic acids is 1. The van der Waals surface area contributed by atoms with Crippen LogP contribution in [0.4, 0.5) is 0 Å². The van der Waals surface area contributed by atoms with Crippen LogP contribution in [0.3, 0.4) is 0 Å². The lowest BCUT2D eigenvalue weighted by Gasteiger charge is -2.20. The van der Waals surface area contributed by atoms with Crippen molar-refractivity contribution in [2.75, 3.05) is 33.0 Å². The molecule has 10 heteroatoms. The normalized spacial score (nSPS) is 14.3. The maximum Gasteiger partial charge on any atom is 0.472 e. The molecule has 0 spiro atoms. The van der Waals surface area contributed by atoms with Crippen molar-refractivity contribution in [3.8, 4) is 0 Å². The lowest BCUT2D eigenvalue weighted by atomic mass is 10.0. The third-order valence-corrected chi connectivity index (χ3v) is 11.0. The van der Waals surface area contributed by atoms with E-state index >= 15 is 0 Å². The summed E-state index contributed by atoms with van der Waals surface area (Å²) in [5.74, 6) is -0.390. The van der Waals surface area contributed by atoms with Crippen LogP contribution in [-0.4, -0.2) is 66.3 Å². The van der Waals surface area contributed by atoms with E-state index in [1.165, 1.54) is 128 Å². The Balaban J connectivity index is 4.11. The Bertz CT molecular complexity index is 986. The molecule has 3 N–H and O–H groups in total. The monoisotopic (exact) mass is 829 g/mol. The van der Waals surface area contributed by atoms with Gasteiger partial charge in [-0.15, -0.1) is 0 Å². The second kappa shape index (κ2) is 44.2. The van der Waals surface area contributed by atoms with Gasteiger partial charge in [-0.05, 0) is 44.9 Å². The predicted molar refractivity (Wildman–Crippen MR) is 237 cm³/mol. The molecule has 0 aliphatic heterocycles. The molecule has 3 unspecified atom stereocenters. The Labute approximate surface area is 350 Å². The molecular formula is C47H89O9P. The highest BCUT2D eigenvalue weighted by Gasteiger charge is 2.26. The molecule has 0 fully saturated rings. The average Bonchev–Trinajstić information content (AvgIpc) is 3.20. The maximum absolute atomic E-state index is 12.6. The summed E-state index contributed by atoms with van der Waals surface area (Å²) in [4.78, 5) is 22.6. The Hall–Kier alpha value is -1.32. The van der Waals surface area contributed by atoms with Gasteiger partial charge in [0, 0.05) is 13.0 Å². The van der Waals surface area contributed by atoms with Gasteiger partial charge in [0.25, 0.3) is 0 Å². The standard InChI is InChI=1S/C47H89O9P/c1-3-5-7-9-11-13-15-17-19-21-22-24-26-28-30-32-34-36-38-40-53-43-46(44-55-57(51,52)54-42-45(49)41-48)56-47(50)39-37-35-33-31-29-27-25-23-20-18-16-14-12-10-8-6-4-2/h6,8,12,14,18,20,45-46,48-49H,3-5,7,9-11,13,15-17,19,21-44H2,1-2H3,(H,51,52)/b8-6-,14-12-,20-18-. The maximum atomic E-state index is 12.6. The molecule has 0 aromatic rings. The Morgan fingerprint density at radius 3 is 1.51 bits per heavy atom. The van der Waals surface area contributed by atoms with Crippen molar-refractivity contribution in [1.29, 1.82) is 0 Å². The SMILES string of the molecule is CC/C=C\C/C=C\C/C=C\CCCCCCCCCC(=O)OC(COCCCCCCCCCCCCCCCCCCCCC)COP(=O)(O)OCC(O)CO. The minimum absolute atomic E-state index is 0.0482. The number of hydrogen-bond donors (Lipinski definition) is 3. The van der Waals surface area contributed by atoms with Crippen LogP contribution in [0.15, 0.2) is 36.5 Å². The second-order valence-electron chi connectivity index (χ2n) is 15.8. The zero-order valence-electron chi connectivity index (χ0n) is 36.8. The quantitative estimate of drug-likeness (QED) is 0.0237. The first-order valence-electron chi connectivity index (χ1n) is 23.5. The van der Waals surface area contributed by atoms with Crippen molar-refractivity contribution < 1.29 is 43.0 Å². The van der Waals surface area contributed by atoms with Crippen LogP contribution < -0.4 is 0 Å². The smallest absolute Gasteiger partial charge is 0.457 e. The first-order valence-corrected chi connectivity index (χ1v) is 25.0. The third-order valence-electron chi connectivity index (χ3n) is 10.1. The highest BCUT2D eigenvalue weighted by Crippen LogP contribution is 2.43. The topological polar surface area (TPSA) is 132 Å². The lowest BCUT2D eigenvalue weighted by Crippen LogP contribution is -2.29. The van der Waals surface area contributed by atoms with E-state index in [4.69, 9.17) is 23.6 Å². The van der Waals surface area contributed by atoms with Crippen LogP contribution in [0.25, 0.3) is 0 Å². The minimum atomic E-state index is -4.52. The fourth-order valence-corrected chi connectivity index (χ4v) is 7.34. The molecule has 0 amide bonds. The molecule has 3 atom stereocenters. The van der Waals surface area contributed by atoms with E-state index in [2.05, 4.69) is 50.3 Å². The number of ether oxygens (including phenoxy) is 2. The molecule has 0 rings (SSSR count). The number of aliphatic hydroxyl groups excluding tert-OH is 2. The van der Waals surface area contributed by atoms with Crippen molar-refractivity contribution in [3.05, 3.63) is 36.5 Å². The fraction of sp³-hybridized carbons (Fsp3) is 0.851. The third kappa shape index (κ3) is 44.1. The van der Waals surface area contributed by atoms with Gasteiger partial charge in [-0.25, -0.2) is 4.57 Å². The molecule has 0 heterocycles. The van der Waals surface area contributed by atoms with Crippen molar-refractivity contribution >= 4 is 13.8 Å². The zero-order chi connectivity index (χ0) is 41.8. The largest absolute Gasteiger partial charge is 0.472 e. The van der Waals surface area contributed by atoms with Crippen molar-refractivity contribution in [3.63, 3.8) is 0 Å². The molecule has 0 aliphatic carbocycles. The summed E-state index contributed by atoms with van der Waals surface area (Å²) in [6.07, 6.45) is 48.2. The summed E-state index contributed by atoms with van der Waals surface area (Å²) in [5.41, 5.74) is 0. The average molecular weight is 829 g/mol. The van der Waals surface area contributed by atoms with E-state index in [1.54, 1.807) is 0 Å². The second-order valence-corrected chi connectivity index (χ2v) is 17.2. The number of allylic oxidation sites excluding steroid dienone is 6. The van der Waals surface area contributed by atoms with Gasteiger partial charge in [0.2, 0.25) is 0 Å². The van der Waals surface area contributed by atoms with Gasteiger partial charge >= 0.3 is 13.8 Å². The van der Waals surface area contributed by atoms with E-state index in [0.29, 0.717) is 6.61 Å². The number of phosphoric acid groups is 1. The number of unbranched alkanes of at least 4 members (excludes halogenated alkanes) is 25. The molecule has 0 saturated heterocycles. The molecule has 57 heavy (non-hydrogen) atoms. The number of aliphatic hydroxyl groups is 2. The highest BCUT2D eigenvalue weighted by atomic mass is 31.2. The van der Waals surface area contributed by atoms with Crippen LogP contribution in [0.5, 0.6) is 0 Å². The van der Waals surface area contributed by atoms with Gasteiger partial charge in [-0.2, -0.15) is 0 Å². The van der Waals surface area contributed by atoms with E-state index in [1.807, 2.05) is 0 Å². The number of rotatable bonds is 45. The molecule has 336 valence electrons. The summed E-state index contributed by atoms with van der Waals surface area (Å²) in [5, 5.41) is 18.4. The van der Waals surface area contributed by atoms with Crippen LogP contribution in [0.1, 0.15) is 213 Å². The predicted octanol–water partition coefficient (Wildman–Crippen LogP) is 13.2. The van der Waals surface area contributed by atoms with Crippen LogP contribution >= 0.6 is 7.82 Å². The zero-order valence-corrected chi connectivity index (χ0v) is 37.7. The molecule has 0 bridgehead atoms. The van der Waals surface area contributed by atoms with Gasteiger partial charge < -0.3 is 24.6 Å².